The Labute approximate surface area is 97.4 Å². The zero-order chi connectivity index (χ0) is 11.9. The van der Waals surface area contributed by atoms with Gasteiger partial charge in [0, 0.05) is 32.2 Å². The third kappa shape index (κ3) is 1.82. The van der Waals surface area contributed by atoms with Crippen LogP contribution < -0.4 is 10.6 Å². The Morgan fingerprint density at radius 3 is 2.62 bits per heavy atom. The van der Waals surface area contributed by atoms with Gasteiger partial charge in [0.1, 0.15) is 5.82 Å². The highest BCUT2D eigenvalue weighted by Gasteiger charge is 2.32. The summed E-state index contributed by atoms with van der Waals surface area (Å²) in [7, 11) is 2.01. The third-order valence-corrected chi connectivity index (χ3v) is 3.49. The van der Waals surface area contributed by atoms with Crippen molar-refractivity contribution >= 4 is 5.82 Å². The zero-order valence-electron chi connectivity index (χ0n) is 10.7. The average molecular weight is 222 g/mol. The van der Waals surface area contributed by atoms with Crippen LogP contribution in [-0.4, -0.2) is 22.9 Å². The van der Waals surface area contributed by atoms with Crippen LogP contribution in [0.1, 0.15) is 31.5 Å². The Morgan fingerprint density at radius 2 is 2.12 bits per heavy atom. The molecule has 0 bridgehead atoms. The Morgan fingerprint density at radius 1 is 1.44 bits per heavy atom. The predicted octanol–water partition coefficient (Wildman–Crippen LogP) is 1.42. The first-order chi connectivity index (χ1) is 7.44. The molecule has 0 spiro atoms. The van der Waals surface area contributed by atoms with Crippen molar-refractivity contribution in [3.05, 3.63) is 11.3 Å². The van der Waals surface area contributed by atoms with Crippen molar-refractivity contribution in [3.63, 3.8) is 0 Å². The van der Waals surface area contributed by atoms with Gasteiger partial charge in [0.05, 0.1) is 5.69 Å². The Balaban J connectivity index is 2.34. The van der Waals surface area contributed by atoms with E-state index in [4.69, 9.17) is 5.73 Å². The average Bonchev–Trinajstić information content (AvgIpc) is 2.66. The van der Waals surface area contributed by atoms with E-state index in [1.165, 1.54) is 17.8 Å². The first-order valence-corrected chi connectivity index (χ1v) is 5.92. The minimum atomic E-state index is 0.407. The molecule has 1 aliphatic rings. The van der Waals surface area contributed by atoms with Crippen LogP contribution in [0.3, 0.4) is 0 Å². The van der Waals surface area contributed by atoms with E-state index in [9.17, 15) is 0 Å². The lowest BCUT2D eigenvalue weighted by atomic mass is 9.93. The van der Waals surface area contributed by atoms with Crippen molar-refractivity contribution < 1.29 is 0 Å². The standard InChI is InChI=1S/C12H22N4/c1-9-10(7-13)11(15(4)14-9)16-6-5-12(2,3)8-16/h5-8,13H2,1-4H3. The highest BCUT2D eigenvalue weighted by Crippen LogP contribution is 2.34. The number of nitrogens with zero attached hydrogens (tertiary/aromatic N) is 3. The van der Waals surface area contributed by atoms with Crippen molar-refractivity contribution in [1.82, 2.24) is 9.78 Å². The largest absolute Gasteiger partial charge is 0.356 e. The van der Waals surface area contributed by atoms with Crippen molar-refractivity contribution in [2.24, 2.45) is 18.2 Å². The minimum Gasteiger partial charge on any atom is -0.356 e. The molecule has 0 aliphatic carbocycles. The predicted molar refractivity (Wildman–Crippen MR) is 66.4 cm³/mol. The van der Waals surface area contributed by atoms with Crippen molar-refractivity contribution in [1.29, 1.82) is 0 Å². The molecule has 0 radical (unpaired) electrons. The van der Waals surface area contributed by atoms with Gasteiger partial charge in [0.25, 0.3) is 0 Å². The van der Waals surface area contributed by atoms with Crippen LogP contribution in [0.2, 0.25) is 0 Å². The summed E-state index contributed by atoms with van der Waals surface area (Å²) < 4.78 is 1.97. The Kier molecular flexibility index (Phi) is 2.70. The van der Waals surface area contributed by atoms with E-state index >= 15 is 0 Å². The molecular formula is C12H22N4. The second-order valence-corrected chi connectivity index (χ2v) is 5.55. The summed E-state index contributed by atoms with van der Waals surface area (Å²) in [6.45, 7) is 9.45. The summed E-state index contributed by atoms with van der Waals surface area (Å²) in [5, 5.41) is 4.47. The van der Waals surface area contributed by atoms with E-state index in [0.29, 0.717) is 12.0 Å². The van der Waals surface area contributed by atoms with Gasteiger partial charge in [-0.05, 0) is 18.8 Å². The molecule has 0 atom stereocenters. The van der Waals surface area contributed by atoms with Crippen LogP contribution in [0.15, 0.2) is 0 Å². The third-order valence-electron chi connectivity index (χ3n) is 3.49. The summed E-state index contributed by atoms with van der Waals surface area (Å²) in [5.41, 5.74) is 8.48. The maximum Gasteiger partial charge on any atom is 0.131 e. The van der Waals surface area contributed by atoms with E-state index in [-0.39, 0.29) is 0 Å². The molecule has 1 aromatic heterocycles. The molecule has 0 saturated carbocycles. The maximum absolute atomic E-state index is 5.82. The minimum absolute atomic E-state index is 0.407. The molecule has 4 nitrogen and oxygen atoms in total. The van der Waals surface area contributed by atoms with Crippen LogP contribution in [0.4, 0.5) is 5.82 Å². The van der Waals surface area contributed by atoms with Crippen molar-refractivity contribution in [2.45, 2.75) is 33.7 Å². The fourth-order valence-electron chi connectivity index (χ4n) is 2.62. The molecule has 0 amide bonds. The highest BCUT2D eigenvalue weighted by atomic mass is 15.4. The van der Waals surface area contributed by atoms with E-state index in [1.807, 2.05) is 18.7 Å². The van der Waals surface area contributed by atoms with Gasteiger partial charge < -0.3 is 10.6 Å². The quantitative estimate of drug-likeness (QED) is 0.823. The topological polar surface area (TPSA) is 47.1 Å². The van der Waals surface area contributed by atoms with Crippen LogP contribution in [0, 0.1) is 12.3 Å². The Bertz CT molecular complexity index is 392. The maximum atomic E-state index is 5.82. The smallest absolute Gasteiger partial charge is 0.131 e. The van der Waals surface area contributed by atoms with E-state index in [0.717, 1.165) is 18.8 Å². The number of nitrogens with two attached hydrogens (primary N) is 1. The summed E-state index contributed by atoms with van der Waals surface area (Å²) in [6, 6.07) is 0. The second-order valence-electron chi connectivity index (χ2n) is 5.55. The molecule has 90 valence electrons. The monoisotopic (exact) mass is 222 g/mol. The van der Waals surface area contributed by atoms with Gasteiger partial charge in [-0.3, -0.25) is 4.68 Å². The summed E-state index contributed by atoms with van der Waals surface area (Å²) in [5.74, 6) is 1.21. The van der Waals surface area contributed by atoms with Gasteiger partial charge in [0.2, 0.25) is 0 Å². The number of hydrogen-bond acceptors (Lipinski definition) is 3. The highest BCUT2D eigenvalue weighted by molar-refractivity contribution is 5.51. The molecule has 4 heteroatoms. The van der Waals surface area contributed by atoms with Crippen LogP contribution in [-0.2, 0) is 13.6 Å². The molecule has 1 aliphatic heterocycles. The first kappa shape index (κ1) is 11.5. The SMILES string of the molecule is Cc1nn(C)c(N2CCC(C)(C)C2)c1CN. The van der Waals surface area contributed by atoms with Crippen LogP contribution in [0.25, 0.3) is 0 Å². The molecule has 1 fully saturated rings. The molecule has 16 heavy (non-hydrogen) atoms. The zero-order valence-corrected chi connectivity index (χ0v) is 10.7. The molecule has 0 aromatic carbocycles. The molecule has 2 N–H and O–H groups in total. The van der Waals surface area contributed by atoms with Gasteiger partial charge in [0.15, 0.2) is 0 Å². The normalized spacial score (nSPS) is 19.4. The number of aromatic nitrogens is 2. The summed E-state index contributed by atoms with van der Waals surface area (Å²) in [6.07, 6.45) is 1.24. The van der Waals surface area contributed by atoms with Crippen molar-refractivity contribution in [2.75, 3.05) is 18.0 Å². The van der Waals surface area contributed by atoms with Crippen molar-refractivity contribution in [3.8, 4) is 0 Å². The number of hydrogen-bond donors (Lipinski definition) is 1. The van der Waals surface area contributed by atoms with Gasteiger partial charge in [-0.25, -0.2) is 0 Å². The first-order valence-electron chi connectivity index (χ1n) is 5.92. The molecular weight excluding hydrogens is 200 g/mol. The molecule has 2 heterocycles. The van der Waals surface area contributed by atoms with Gasteiger partial charge in [-0.15, -0.1) is 0 Å². The van der Waals surface area contributed by atoms with Gasteiger partial charge in [-0.1, -0.05) is 13.8 Å². The lowest BCUT2D eigenvalue weighted by Gasteiger charge is -2.22. The van der Waals surface area contributed by atoms with Gasteiger partial charge >= 0.3 is 0 Å². The van der Waals surface area contributed by atoms with E-state index < -0.39 is 0 Å². The lowest BCUT2D eigenvalue weighted by Crippen LogP contribution is -2.26. The summed E-state index contributed by atoms with van der Waals surface area (Å²) in [4.78, 5) is 2.42. The number of aryl methyl sites for hydroxylation is 2. The molecule has 2 rings (SSSR count). The number of anilines is 1. The van der Waals surface area contributed by atoms with Gasteiger partial charge in [-0.2, -0.15) is 5.10 Å². The molecule has 1 aromatic rings. The van der Waals surface area contributed by atoms with Crippen LogP contribution in [0.5, 0.6) is 0 Å². The fourth-order valence-corrected chi connectivity index (χ4v) is 2.62. The lowest BCUT2D eigenvalue weighted by molar-refractivity contribution is 0.418. The van der Waals surface area contributed by atoms with Crippen LogP contribution >= 0.6 is 0 Å². The molecule has 0 unspecified atom stereocenters. The summed E-state index contributed by atoms with van der Waals surface area (Å²) >= 11 is 0. The van der Waals surface area contributed by atoms with E-state index in [1.54, 1.807) is 0 Å². The number of rotatable bonds is 2. The molecule has 1 saturated heterocycles. The fraction of sp³-hybridized carbons (Fsp3) is 0.750. The second kappa shape index (κ2) is 3.77. The Hall–Kier alpha value is -1.03. The van der Waals surface area contributed by atoms with E-state index in [2.05, 4.69) is 23.8 Å².